The van der Waals surface area contributed by atoms with E-state index in [9.17, 15) is 19.8 Å². The molecule has 6 nitrogen and oxygen atoms in total. The first-order valence-electron chi connectivity index (χ1n) is 39.1. The summed E-state index contributed by atoms with van der Waals surface area (Å²) in [6, 6.07) is -0.625. The summed E-state index contributed by atoms with van der Waals surface area (Å²) in [6.45, 7) is 4.94. The highest BCUT2D eigenvalue weighted by Gasteiger charge is 2.18. The van der Waals surface area contributed by atoms with Crippen LogP contribution in [0.25, 0.3) is 0 Å². The van der Waals surface area contributed by atoms with Gasteiger partial charge in [0.25, 0.3) is 0 Å². The summed E-state index contributed by atoms with van der Waals surface area (Å²) in [5.74, 6) is -0.0452. The van der Waals surface area contributed by atoms with Crippen LogP contribution in [0.15, 0.2) is 24.3 Å². The molecule has 0 spiro atoms. The van der Waals surface area contributed by atoms with Crippen molar-refractivity contribution in [3.8, 4) is 0 Å². The molecule has 0 radical (unpaired) electrons. The zero-order valence-corrected chi connectivity index (χ0v) is 57.9. The Hall–Kier alpha value is -1.66. The number of aliphatic hydroxyl groups is 2. The average Bonchev–Trinajstić information content (AvgIpc) is 3.51. The minimum atomic E-state index is -0.842. The van der Waals surface area contributed by atoms with Crippen LogP contribution in [-0.2, 0) is 14.3 Å². The van der Waals surface area contributed by atoms with Crippen LogP contribution in [0.3, 0.4) is 0 Å². The molecular formula is C79H153NO5. The molecule has 3 N–H and O–H groups in total. The maximum absolute atomic E-state index is 12.5. The van der Waals surface area contributed by atoms with Crippen LogP contribution in [0.1, 0.15) is 444 Å². The lowest BCUT2D eigenvalue weighted by Crippen LogP contribution is -2.45. The second-order valence-corrected chi connectivity index (χ2v) is 27.0. The Labute approximate surface area is 532 Å². The molecule has 2 atom stereocenters. The molecule has 0 aliphatic heterocycles. The van der Waals surface area contributed by atoms with E-state index in [-0.39, 0.29) is 18.5 Å². The van der Waals surface area contributed by atoms with E-state index in [4.69, 9.17) is 4.74 Å². The fourth-order valence-corrected chi connectivity index (χ4v) is 12.5. The van der Waals surface area contributed by atoms with Crippen molar-refractivity contribution < 1.29 is 24.5 Å². The molecule has 1 amide bonds. The van der Waals surface area contributed by atoms with Crippen molar-refractivity contribution in [2.45, 2.75) is 456 Å². The smallest absolute Gasteiger partial charge is 0.305 e. The summed E-state index contributed by atoms with van der Waals surface area (Å²) >= 11 is 0. The number of amides is 1. The van der Waals surface area contributed by atoms with Gasteiger partial charge in [0, 0.05) is 12.8 Å². The van der Waals surface area contributed by atoms with E-state index < -0.39 is 12.1 Å². The van der Waals surface area contributed by atoms with Gasteiger partial charge in [0.15, 0.2) is 0 Å². The normalized spacial score (nSPS) is 12.6. The van der Waals surface area contributed by atoms with Gasteiger partial charge in [-0.3, -0.25) is 9.59 Å². The van der Waals surface area contributed by atoms with Crippen molar-refractivity contribution in [1.82, 2.24) is 5.32 Å². The first-order valence-corrected chi connectivity index (χ1v) is 39.1. The van der Waals surface area contributed by atoms with Gasteiger partial charge >= 0.3 is 5.97 Å². The van der Waals surface area contributed by atoms with Gasteiger partial charge in [-0.2, -0.15) is 0 Å². The van der Waals surface area contributed by atoms with Crippen LogP contribution in [0.4, 0.5) is 0 Å². The SMILES string of the molecule is CCCCCC/C=C\CCCCCCCC(=O)OCCCCCCCCCCCCCCCCCCCCCCCCCCCCCCCCCCCC(=O)NC(CO)C(O)/C=C/CCCCCCCCCCCCCCCCCCCCCC. The van der Waals surface area contributed by atoms with Gasteiger partial charge in [-0.15, -0.1) is 0 Å². The predicted octanol–water partition coefficient (Wildman–Crippen LogP) is 25.7. The van der Waals surface area contributed by atoms with E-state index in [2.05, 4.69) is 31.3 Å². The average molecular weight is 1200 g/mol. The van der Waals surface area contributed by atoms with Gasteiger partial charge in [-0.25, -0.2) is 0 Å². The topological polar surface area (TPSA) is 95.9 Å². The number of carbonyl (C=O) groups is 2. The van der Waals surface area contributed by atoms with E-state index >= 15 is 0 Å². The second-order valence-electron chi connectivity index (χ2n) is 27.0. The number of ether oxygens (including phenoxy) is 1. The zero-order chi connectivity index (χ0) is 61.3. The van der Waals surface area contributed by atoms with Crippen LogP contribution < -0.4 is 5.32 Å². The van der Waals surface area contributed by atoms with Crippen LogP contribution in [0.2, 0.25) is 0 Å². The fourth-order valence-electron chi connectivity index (χ4n) is 12.5. The van der Waals surface area contributed by atoms with Gasteiger partial charge in [0.1, 0.15) is 0 Å². The molecule has 6 heteroatoms. The third-order valence-electron chi connectivity index (χ3n) is 18.5. The Balaban J connectivity index is 3.35. The maximum atomic E-state index is 12.5. The lowest BCUT2D eigenvalue weighted by molar-refractivity contribution is -0.143. The lowest BCUT2D eigenvalue weighted by Gasteiger charge is -2.20. The number of hydrogen-bond acceptors (Lipinski definition) is 5. The molecule has 0 aliphatic rings. The molecule has 0 saturated heterocycles. The molecule has 0 fully saturated rings. The number of hydrogen-bond donors (Lipinski definition) is 3. The molecule has 0 aromatic carbocycles. The van der Waals surface area contributed by atoms with Crippen LogP contribution in [0.5, 0.6) is 0 Å². The number of rotatable bonds is 74. The number of nitrogens with one attached hydrogen (secondary N) is 1. The highest BCUT2D eigenvalue weighted by Crippen LogP contribution is 2.20. The first kappa shape index (κ1) is 83.3. The zero-order valence-electron chi connectivity index (χ0n) is 57.9. The molecule has 0 aromatic rings. The molecule has 0 aliphatic carbocycles. The summed E-state index contributed by atoms with van der Waals surface area (Å²) < 4.78 is 5.49. The summed E-state index contributed by atoms with van der Waals surface area (Å²) in [5.41, 5.74) is 0. The molecule has 0 rings (SSSR count). The number of carbonyl (C=O) groups excluding carboxylic acids is 2. The molecule has 0 bridgehead atoms. The highest BCUT2D eigenvalue weighted by atomic mass is 16.5. The summed E-state index contributed by atoms with van der Waals surface area (Å²) in [5, 5.41) is 23.3. The Morgan fingerprint density at radius 3 is 0.847 bits per heavy atom. The summed E-state index contributed by atoms with van der Waals surface area (Å²) in [6.07, 6.45) is 95.9. The third kappa shape index (κ3) is 71.3. The number of aliphatic hydroxyl groups excluding tert-OH is 2. The fraction of sp³-hybridized carbons (Fsp3) is 0.924. The molecule has 0 heterocycles. The standard InChI is InChI=1S/C79H153NO5/c1-3-5-7-9-11-13-15-17-18-19-20-21-35-38-41-44-48-51-55-59-63-67-71-77(82)76(75-81)80-78(83)72-68-64-60-56-52-49-45-42-39-36-33-31-29-27-25-23-22-24-26-28-30-32-34-37-40-43-46-50-54-58-62-66-70-74-85-79(84)73-69-65-61-57-53-47-16-14-12-10-8-6-4-2/h14,16,67,71,76-77,81-82H,3-13,15,17-66,68-70,72-75H2,1-2H3,(H,80,83)/b16-14-,71-67+. The summed E-state index contributed by atoms with van der Waals surface area (Å²) in [7, 11) is 0. The van der Waals surface area contributed by atoms with Gasteiger partial charge in [-0.1, -0.05) is 398 Å². The van der Waals surface area contributed by atoms with E-state index in [1.54, 1.807) is 6.08 Å². The van der Waals surface area contributed by atoms with E-state index in [1.165, 1.54) is 372 Å². The van der Waals surface area contributed by atoms with Crippen molar-refractivity contribution in [2.24, 2.45) is 0 Å². The number of esters is 1. The minimum Gasteiger partial charge on any atom is -0.466 e. The van der Waals surface area contributed by atoms with Crippen molar-refractivity contribution in [3.63, 3.8) is 0 Å². The Morgan fingerprint density at radius 2 is 0.553 bits per heavy atom. The predicted molar refractivity (Wildman–Crippen MR) is 375 cm³/mol. The maximum Gasteiger partial charge on any atom is 0.305 e. The van der Waals surface area contributed by atoms with Crippen molar-refractivity contribution in [1.29, 1.82) is 0 Å². The van der Waals surface area contributed by atoms with E-state index in [0.717, 1.165) is 44.9 Å². The third-order valence-corrected chi connectivity index (χ3v) is 18.5. The minimum absolute atomic E-state index is 0.0130. The van der Waals surface area contributed by atoms with E-state index in [1.807, 2.05) is 6.08 Å². The van der Waals surface area contributed by atoms with Gasteiger partial charge in [0.05, 0.1) is 25.4 Å². The highest BCUT2D eigenvalue weighted by molar-refractivity contribution is 5.76. The largest absolute Gasteiger partial charge is 0.466 e. The number of unbranched alkanes of at least 4 members (excludes halogenated alkanes) is 61. The van der Waals surface area contributed by atoms with Crippen molar-refractivity contribution in [3.05, 3.63) is 24.3 Å². The monoisotopic (exact) mass is 1200 g/mol. The number of allylic oxidation sites excluding steroid dienone is 3. The van der Waals surface area contributed by atoms with Crippen LogP contribution in [0, 0.1) is 0 Å². The second kappa shape index (κ2) is 74.8. The quantitative estimate of drug-likeness (QED) is 0.0320. The van der Waals surface area contributed by atoms with Gasteiger partial charge in [-0.05, 0) is 57.8 Å². The lowest BCUT2D eigenvalue weighted by atomic mass is 10.0. The van der Waals surface area contributed by atoms with Crippen molar-refractivity contribution in [2.75, 3.05) is 13.2 Å². The summed E-state index contributed by atoms with van der Waals surface area (Å²) in [4.78, 5) is 24.6. The molecule has 0 saturated carbocycles. The van der Waals surface area contributed by atoms with Crippen molar-refractivity contribution >= 4 is 11.9 Å². The van der Waals surface area contributed by atoms with E-state index in [0.29, 0.717) is 19.4 Å². The van der Waals surface area contributed by atoms with Crippen LogP contribution >= 0.6 is 0 Å². The molecule has 85 heavy (non-hydrogen) atoms. The Kier molecular flexibility index (Phi) is 73.3. The Morgan fingerprint density at radius 1 is 0.318 bits per heavy atom. The first-order chi connectivity index (χ1) is 42.0. The molecule has 504 valence electrons. The van der Waals surface area contributed by atoms with Crippen LogP contribution in [-0.4, -0.2) is 47.4 Å². The van der Waals surface area contributed by atoms with Gasteiger partial charge in [0.2, 0.25) is 5.91 Å². The molecular weight excluding hydrogens is 1040 g/mol. The van der Waals surface area contributed by atoms with Gasteiger partial charge < -0.3 is 20.3 Å². The molecule has 0 aromatic heterocycles. The Bertz CT molecular complexity index is 1330. The molecule has 2 unspecified atom stereocenters.